The predicted molar refractivity (Wildman–Crippen MR) is 84.9 cm³/mol. The van der Waals surface area contributed by atoms with Gasteiger partial charge in [0.2, 0.25) is 0 Å². The summed E-state index contributed by atoms with van der Waals surface area (Å²) in [5.74, 6) is -1.46. The van der Waals surface area contributed by atoms with E-state index in [0.717, 1.165) is 5.56 Å². The van der Waals surface area contributed by atoms with E-state index < -0.39 is 5.76 Å². The molecule has 0 amide bonds. The second-order valence-electron chi connectivity index (χ2n) is 4.93. The van der Waals surface area contributed by atoms with Crippen LogP contribution in [-0.2, 0) is 0 Å². The van der Waals surface area contributed by atoms with Crippen molar-refractivity contribution in [2.24, 2.45) is 0 Å². The molecule has 1 aromatic carbocycles. The highest BCUT2D eigenvalue weighted by atomic mass is 32.2. The zero-order valence-corrected chi connectivity index (χ0v) is 13.6. The minimum absolute atomic E-state index is 0.117. The first-order valence-corrected chi connectivity index (χ1v) is 7.96. The molecular formula is C16H19F2NO3S. The molecule has 0 aliphatic rings. The maximum absolute atomic E-state index is 12.5. The van der Waals surface area contributed by atoms with Gasteiger partial charge in [-0.3, -0.25) is 5.32 Å². The van der Waals surface area contributed by atoms with Gasteiger partial charge in [0.05, 0.1) is 30.9 Å². The topological polar surface area (TPSA) is 54.6 Å². The van der Waals surface area contributed by atoms with Crippen LogP contribution in [0.1, 0.15) is 30.3 Å². The van der Waals surface area contributed by atoms with Crippen molar-refractivity contribution in [3.63, 3.8) is 0 Å². The quantitative estimate of drug-likeness (QED) is 0.710. The van der Waals surface area contributed by atoms with Crippen LogP contribution in [-0.4, -0.2) is 24.6 Å². The molecule has 0 aliphatic carbocycles. The monoisotopic (exact) mass is 343 g/mol. The highest BCUT2D eigenvalue weighted by molar-refractivity contribution is 7.99. The minimum Gasteiger partial charge on any atom is -0.496 e. The van der Waals surface area contributed by atoms with Gasteiger partial charge >= 0.3 is 0 Å². The summed E-state index contributed by atoms with van der Waals surface area (Å²) in [6, 6.07) is 8.16. The summed E-state index contributed by atoms with van der Waals surface area (Å²) in [5, 5.41) is 12.7. The Morgan fingerprint density at radius 3 is 2.70 bits per heavy atom. The molecule has 2 aromatic rings. The number of nitrogens with one attached hydrogen (secondary N) is 1. The van der Waals surface area contributed by atoms with E-state index in [2.05, 4.69) is 5.32 Å². The molecule has 1 aromatic heterocycles. The number of hydrogen-bond donors (Lipinski definition) is 2. The summed E-state index contributed by atoms with van der Waals surface area (Å²) in [6.07, 6.45) is 1.55. The zero-order valence-electron chi connectivity index (χ0n) is 12.8. The number of hydrogen-bond acceptors (Lipinski definition) is 5. The van der Waals surface area contributed by atoms with Crippen LogP contribution >= 0.6 is 11.8 Å². The smallest absolute Gasteiger partial charge is 0.289 e. The maximum atomic E-state index is 12.5. The highest BCUT2D eigenvalue weighted by Gasteiger charge is 2.18. The lowest BCUT2D eigenvalue weighted by atomic mass is 10.1. The lowest BCUT2D eigenvalue weighted by molar-refractivity contribution is 0.217. The lowest BCUT2D eigenvalue weighted by Crippen LogP contribution is -2.27. The summed E-state index contributed by atoms with van der Waals surface area (Å²) in [5.41, 5.74) is 0.866. The number of alkyl halides is 2. The zero-order chi connectivity index (χ0) is 16.8. The molecule has 0 fully saturated rings. The van der Waals surface area contributed by atoms with Crippen LogP contribution in [0.15, 0.2) is 45.9 Å². The van der Waals surface area contributed by atoms with Gasteiger partial charge in [0.15, 0.2) is 0 Å². The van der Waals surface area contributed by atoms with Crippen molar-refractivity contribution in [1.82, 2.24) is 5.32 Å². The highest BCUT2D eigenvalue weighted by Crippen LogP contribution is 2.35. The SMILES string of the molecule is COc1cc(C(C)NC(CO)c2ccco2)ccc1SC(F)F. The van der Waals surface area contributed by atoms with Crippen LogP contribution in [0.3, 0.4) is 0 Å². The molecule has 126 valence electrons. The second kappa shape index (κ2) is 8.33. The van der Waals surface area contributed by atoms with Crippen LogP contribution in [0, 0.1) is 0 Å². The standard InChI is InChI=1S/C16H19F2NO3S/c1-10(19-12(9-20)13-4-3-7-22-13)11-5-6-15(23-16(17)18)14(8-11)21-2/h3-8,10,12,16,19-20H,9H2,1-2H3. The number of benzene rings is 1. The largest absolute Gasteiger partial charge is 0.496 e. The maximum Gasteiger partial charge on any atom is 0.289 e. The molecule has 2 atom stereocenters. The summed E-state index contributed by atoms with van der Waals surface area (Å²) in [4.78, 5) is 0.392. The average Bonchev–Trinajstić information content (AvgIpc) is 3.06. The normalized spacial score (nSPS) is 14.0. The second-order valence-corrected chi connectivity index (χ2v) is 5.96. The van der Waals surface area contributed by atoms with Crippen molar-refractivity contribution in [3.05, 3.63) is 47.9 Å². The summed E-state index contributed by atoms with van der Waals surface area (Å²) >= 11 is 0.453. The van der Waals surface area contributed by atoms with E-state index in [9.17, 15) is 13.9 Å². The van der Waals surface area contributed by atoms with E-state index in [1.165, 1.54) is 7.11 Å². The van der Waals surface area contributed by atoms with E-state index in [1.807, 2.05) is 6.92 Å². The Bertz CT molecular complexity index is 607. The van der Waals surface area contributed by atoms with Gasteiger partial charge < -0.3 is 14.3 Å². The third kappa shape index (κ3) is 4.70. The van der Waals surface area contributed by atoms with Crippen LogP contribution in [0.25, 0.3) is 0 Å². The van der Waals surface area contributed by atoms with Gasteiger partial charge in [-0.1, -0.05) is 17.8 Å². The van der Waals surface area contributed by atoms with Crippen LogP contribution in [0.4, 0.5) is 8.78 Å². The van der Waals surface area contributed by atoms with E-state index in [0.29, 0.717) is 28.2 Å². The fraction of sp³-hybridized carbons (Fsp3) is 0.375. The van der Waals surface area contributed by atoms with Crippen LogP contribution in [0.2, 0.25) is 0 Å². The molecule has 4 nitrogen and oxygen atoms in total. The van der Waals surface area contributed by atoms with Crippen molar-refractivity contribution in [2.75, 3.05) is 13.7 Å². The number of thioether (sulfide) groups is 1. The number of aliphatic hydroxyl groups excluding tert-OH is 1. The Balaban J connectivity index is 2.13. The van der Waals surface area contributed by atoms with Gasteiger partial charge in [-0.15, -0.1) is 0 Å². The van der Waals surface area contributed by atoms with Gasteiger partial charge in [0.1, 0.15) is 11.5 Å². The number of ether oxygens (including phenoxy) is 1. The average molecular weight is 343 g/mol. The molecular weight excluding hydrogens is 324 g/mol. The Morgan fingerprint density at radius 2 is 2.13 bits per heavy atom. The molecule has 1 heterocycles. The van der Waals surface area contributed by atoms with E-state index in [4.69, 9.17) is 9.15 Å². The van der Waals surface area contributed by atoms with Gasteiger partial charge in [0.25, 0.3) is 5.76 Å². The first-order chi connectivity index (χ1) is 11.0. The molecule has 7 heteroatoms. The number of aliphatic hydroxyl groups is 1. The van der Waals surface area contributed by atoms with Gasteiger partial charge in [-0.25, -0.2) is 0 Å². The van der Waals surface area contributed by atoms with Crippen LogP contribution < -0.4 is 10.1 Å². The Kier molecular flexibility index (Phi) is 6.44. The van der Waals surface area contributed by atoms with Crippen molar-refractivity contribution >= 4 is 11.8 Å². The fourth-order valence-corrected chi connectivity index (χ4v) is 2.86. The fourth-order valence-electron chi connectivity index (χ4n) is 2.26. The molecule has 0 radical (unpaired) electrons. The van der Waals surface area contributed by atoms with Crippen molar-refractivity contribution in [2.45, 2.75) is 29.7 Å². The number of halogens is 2. The predicted octanol–water partition coefficient (Wildman–Crippen LogP) is 3.99. The number of rotatable bonds is 8. The molecule has 0 spiro atoms. The van der Waals surface area contributed by atoms with Crippen molar-refractivity contribution in [3.8, 4) is 5.75 Å². The summed E-state index contributed by atoms with van der Waals surface area (Å²) < 4.78 is 35.5. The molecule has 2 N–H and O–H groups in total. The van der Waals surface area contributed by atoms with Crippen molar-refractivity contribution in [1.29, 1.82) is 0 Å². The molecule has 0 aliphatic heterocycles. The molecule has 2 unspecified atom stereocenters. The third-order valence-electron chi connectivity index (χ3n) is 3.42. The van der Waals surface area contributed by atoms with Crippen molar-refractivity contribution < 1.29 is 23.0 Å². The summed E-state index contributed by atoms with van der Waals surface area (Å²) in [7, 11) is 1.45. The van der Waals surface area contributed by atoms with Gasteiger partial charge in [0, 0.05) is 6.04 Å². The molecule has 0 saturated carbocycles. The van der Waals surface area contributed by atoms with E-state index in [-0.39, 0.29) is 18.7 Å². The lowest BCUT2D eigenvalue weighted by Gasteiger charge is -2.21. The van der Waals surface area contributed by atoms with E-state index in [1.54, 1.807) is 36.6 Å². The number of furan rings is 1. The van der Waals surface area contributed by atoms with Gasteiger partial charge in [-0.2, -0.15) is 8.78 Å². The molecule has 2 rings (SSSR count). The molecule has 0 bridgehead atoms. The molecule has 0 saturated heterocycles. The summed E-state index contributed by atoms with van der Waals surface area (Å²) in [6.45, 7) is 1.80. The Labute approximate surface area is 137 Å². The van der Waals surface area contributed by atoms with Crippen LogP contribution in [0.5, 0.6) is 5.75 Å². The van der Waals surface area contributed by atoms with E-state index >= 15 is 0 Å². The number of methoxy groups -OCH3 is 1. The Morgan fingerprint density at radius 1 is 1.35 bits per heavy atom. The third-order valence-corrected chi connectivity index (χ3v) is 4.19. The Hall–Kier alpha value is -1.57. The van der Waals surface area contributed by atoms with Gasteiger partial charge in [-0.05, 0) is 36.8 Å². The minimum atomic E-state index is -2.50. The first-order valence-electron chi connectivity index (χ1n) is 7.08. The first kappa shape index (κ1) is 17.8. The molecule has 23 heavy (non-hydrogen) atoms.